The molecule has 1 aliphatic rings. The van der Waals surface area contributed by atoms with Gasteiger partial charge in [-0.2, -0.15) is 0 Å². The second kappa shape index (κ2) is 9.48. The van der Waals surface area contributed by atoms with Crippen LogP contribution in [0, 0.1) is 0 Å². The third-order valence-electron chi connectivity index (χ3n) is 6.84. The van der Waals surface area contributed by atoms with Crippen molar-refractivity contribution in [2.75, 3.05) is 4.90 Å². The van der Waals surface area contributed by atoms with Crippen LogP contribution in [0.3, 0.4) is 0 Å². The van der Waals surface area contributed by atoms with Gasteiger partial charge in [0.2, 0.25) is 0 Å². The zero-order valence-corrected chi connectivity index (χ0v) is 20.6. The van der Waals surface area contributed by atoms with Gasteiger partial charge in [0, 0.05) is 32.8 Å². The highest BCUT2D eigenvalue weighted by molar-refractivity contribution is 7.99. The Hall–Kier alpha value is -3.75. The second-order valence-electron chi connectivity index (χ2n) is 9.07. The lowest BCUT2D eigenvalue weighted by atomic mass is 9.90. The fourth-order valence-electron chi connectivity index (χ4n) is 4.89. The fourth-order valence-corrected chi connectivity index (χ4v) is 5.94. The normalized spacial score (nSPS) is 12.9. The van der Waals surface area contributed by atoms with E-state index in [0.29, 0.717) is 5.92 Å². The van der Waals surface area contributed by atoms with Gasteiger partial charge in [-0.3, -0.25) is 0 Å². The van der Waals surface area contributed by atoms with Crippen molar-refractivity contribution in [1.82, 2.24) is 0 Å². The first kappa shape index (κ1) is 21.8. The minimum absolute atomic E-state index is 0.332. The van der Waals surface area contributed by atoms with Gasteiger partial charge in [-0.25, -0.2) is 0 Å². The molecule has 0 saturated carbocycles. The third-order valence-corrected chi connectivity index (χ3v) is 8.07. The maximum absolute atomic E-state index is 2.41. The van der Waals surface area contributed by atoms with Gasteiger partial charge in [0.1, 0.15) is 0 Å². The average Bonchev–Trinajstić information content (AvgIpc) is 2.93. The molecule has 5 aromatic carbocycles. The molecule has 1 aliphatic heterocycles. The molecule has 0 bridgehead atoms. The van der Waals surface area contributed by atoms with Crippen LogP contribution in [0.2, 0.25) is 0 Å². The Balaban J connectivity index is 1.29. The quantitative estimate of drug-likeness (QED) is 0.247. The summed E-state index contributed by atoms with van der Waals surface area (Å²) in [4.78, 5) is 5.08. The van der Waals surface area contributed by atoms with E-state index in [9.17, 15) is 0 Å². The minimum atomic E-state index is 0.332. The van der Waals surface area contributed by atoms with Crippen molar-refractivity contribution in [1.29, 1.82) is 0 Å². The number of rotatable bonds is 5. The van der Waals surface area contributed by atoms with E-state index in [1.54, 1.807) is 0 Å². The molecule has 0 spiro atoms. The number of nitrogens with zero attached hydrogens (tertiary/aromatic N) is 1. The number of fused-ring (bicyclic) bond motifs is 2. The molecule has 35 heavy (non-hydrogen) atoms. The standard InChI is InChI=1S/C33H27NS/c1-24(26-18-21-33-28(22-26)23-27-10-8-9-15-32(27)35-33)25-16-19-31(20-17-25)34(29-11-4-2-5-12-29)30-13-6-3-7-14-30/h2-22,24H,23H2,1H3. The number of hydrogen-bond donors (Lipinski definition) is 0. The first-order valence-corrected chi connectivity index (χ1v) is 13.0. The lowest BCUT2D eigenvalue weighted by Gasteiger charge is -2.26. The first-order valence-electron chi connectivity index (χ1n) is 12.1. The van der Waals surface area contributed by atoms with Crippen LogP contribution in [0.1, 0.15) is 35.1 Å². The molecule has 0 aliphatic carbocycles. The van der Waals surface area contributed by atoms with Crippen LogP contribution in [0.25, 0.3) is 0 Å². The first-order chi connectivity index (χ1) is 17.3. The van der Waals surface area contributed by atoms with Crippen LogP contribution < -0.4 is 4.90 Å². The van der Waals surface area contributed by atoms with Gasteiger partial charge < -0.3 is 4.90 Å². The van der Waals surface area contributed by atoms with Crippen LogP contribution in [-0.4, -0.2) is 0 Å². The van der Waals surface area contributed by atoms with Crippen LogP contribution in [-0.2, 0) is 6.42 Å². The van der Waals surface area contributed by atoms with E-state index >= 15 is 0 Å². The van der Waals surface area contributed by atoms with Crippen molar-refractivity contribution < 1.29 is 0 Å². The van der Waals surface area contributed by atoms with Crippen LogP contribution in [0.5, 0.6) is 0 Å². The Morgan fingerprint density at radius 3 is 1.77 bits per heavy atom. The molecule has 1 heterocycles. The summed E-state index contributed by atoms with van der Waals surface area (Å²) >= 11 is 1.89. The Labute approximate surface area is 212 Å². The average molecular weight is 470 g/mol. The smallest absolute Gasteiger partial charge is 0.0461 e. The summed E-state index contributed by atoms with van der Waals surface area (Å²) in [6.07, 6.45) is 1.01. The maximum Gasteiger partial charge on any atom is 0.0461 e. The predicted molar refractivity (Wildman–Crippen MR) is 148 cm³/mol. The monoisotopic (exact) mass is 469 g/mol. The molecule has 170 valence electrons. The highest BCUT2D eigenvalue weighted by Gasteiger charge is 2.18. The van der Waals surface area contributed by atoms with Gasteiger partial charge in [-0.05, 0) is 77.2 Å². The summed E-state index contributed by atoms with van der Waals surface area (Å²) in [5, 5.41) is 0. The highest BCUT2D eigenvalue weighted by Crippen LogP contribution is 2.41. The van der Waals surface area contributed by atoms with Crippen molar-refractivity contribution in [2.24, 2.45) is 0 Å². The molecule has 2 heteroatoms. The Morgan fingerprint density at radius 1 is 0.543 bits per heavy atom. The summed E-state index contributed by atoms with van der Waals surface area (Å²) in [5.41, 5.74) is 9.06. The van der Waals surface area contributed by atoms with E-state index in [1.807, 2.05) is 11.8 Å². The molecular formula is C33H27NS. The van der Waals surface area contributed by atoms with Gasteiger partial charge in [0.05, 0.1) is 0 Å². The van der Waals surface area contributed by atoms with Crippen molar-refractivity contribution in [3.05, 3.63) is 150 Å². The van der Waals surface area contributed by atoms with E-state index in [1.165, 1.54) is 32.0 Å². The van der Waals surface area contributed by atoms with Crippen LogP contribution in [0.15, 0.2) is 137 Å². The molecule has 1 unspecified atom stereocenters. The van der Waals surface area contributed by atoms with Crippen molar-refractivity contribution in [3.8, 4) is 0 Å². The Bertz CT molecular complexity index is 1400. The number of hydrogen-bond acceptors (Lipinski definition) is 2. The zero-order valence-electron chi connectivity index (χ0n) is 19.8. The molecule has 6 rings (SSSR count). The molecule has 0 N–H and O–H groups in total. The van der Waals surface area contributed by atoms with Crippen LogP contribution >= 0.6 is 11.8 Å². The van der Waals surface area contributed by atoms with Crippen molar-refractivity contribution in [2.45, 2.75) is 29.1 Å². The van der Waals surface area contributed by atoms with Gasteiger partial charge in [-0.1, -0.05) is 97.5 Å². The highest BCUT2D eigenvalue weighted by atomic mass is 32.2. The molecule has 5 aromatic rings. The molecule has 0 aromatic heterocycles. The molecule has 0 fully saturated rings. The van der Waals surface area contributed by atoms with Crippen molar-refractivity contribution >= 4 is 28.8 Å². The number of anilines is 3. The fraction of sp³-hybridized carbons (Fsp3) is 0.0909. The summed E-state index contributed by atoms with van der Waals surface area (Å²) in [6, 6.07) is 46.0. The van der Waals surface area contributed by atoms with Gasteiger partial charge >= 0.3 is 0 Å². The maximum atomic E-state index is 2.41. The van der Waals surface area contributed by atoms with E-state index in [2.05, 4.69) is 139 Å². The lowest BCUT2D eigenvalue weighted by Crippen LogP contribution is -2.10. The molecule has 1 nitrogen and oxygen atoms in total. The molecular weight excluding hydrogens is 442 g/mol. The Morgan fingerprint density at radius 2 is 1.09 bits per heavy atom. The lowest BCUT2D eigenvalue weighted by molar-refractivity contribution is 0.908. The van der Waals surface area contributed by atoms with Crippen molar-refractivity contribution in [3.63, 3.8) is 0 Å². The molecule has 1 atom stereocenters. The predicted octanol–water partition coefficient (Wildman–Crippen LogP) is 9.36. The molecule has 0 radical (unpaired) electrons. The van der Waals surface area contributed by atoms with E-state index in [4.69, 9.17) is 0 Å². The van der Waals surface area contributed by atoms with E-state index < -0.39 is 0 Å². The SMILES string of the molecule is CC(c1ccc(N(c2ccccc2)c2ccccc2)cc1)c1ccc2c(c1)Cc1ccccc1S2. The van der Waals surface area contributed by atoms with E-state index in [0.717, 1.165) is 23.5 Å². The summed E-state index contributed by atoms with van der Waals surface area (Å²) in [7, 11) is 0. The van der Waals surface area contributed by atoms with Gasteiger partial charge in [0.15, 0.2) is 0 Å². The second-order valence-corrected chi connectivity index (χ2v) is 10.2. The summed E-state index contributed by atoms with van der Waals surface area (Å²) in [6.45, 7) is 2.31. The summed E-state index contributed by atoms with van der Waals surface area (Å²) in [5.74, 6) is 0.332. The summed E-state index contributed by atoms with van der Waals surface area (Å²) < 4.78 is 0. The zero-order chi connectivity index (χ0) is 23.6. The Kier molecular flexibility index (Phi) is 5.89. The molecule has 0 saturated heterocycles. The largest absolute Gasteiger partial charge is 0.311 e. The van der Waals surface area contributed by atoms with Gasteiger partial charge in [-0.15, -0.1) is 0 Å². The third kappa shape index (κ3) is 4.38. The topological polar surface area (TPSA) is 3.24 Å². The minimum Gasteiger partial charge on any atom is -0.311 e. The number of para-hydroxylation sites is 2. The van der Waals surface area contributed by atoms with Gasteiger partial charge in [0.25, 0.3) is 0 Å². The van der Waals surface area contributed by atoms with Crippen LogP contribution in [0.4, 0.5) is 17.1 Å². The molecule has 0 amide bonds. The number of benzene rings is 5. The van der Waals surface area contributed by atoms with E-state index in [-0.39, 0.29) is 0 Å².